The Morgan fingerprint density at radius 1 is 0.645 bits per heavy atom. The Balaban J connectivity index is 0.000000194. The number of ether oxygens (including phenoxy) is 2. The van der Waals surface area contributed by atoms with Crippen LogP contribution < -0.4 is 0 Å². The molecule has 2 atom stereocenters. The van der Waals surface area contributed by atoms with E-state index in [1.165, 1.54) is 73.9 Å². The quantitative estimate of drug-likeness (QED) is 0.0865. The molecule has 2 aliphatic rings. The first-order valence-corrected chi connectivity index (χ1v) is 37.2. The average molecular weight is 1240 g/mol. The van der Waals surface area contributed by atoms with Gasteiger partial charge in [0.25, 0.3) is 0 Å². The molecule has 406 valence electrons. The second kappa shape index (κ2) is 28.9. The summed E-state index contributed by atoms with van der Waals surface area (Å²) >= 11 is 4.61. The molecule has 2 amide bonds. The Labute approximate surface area is 473 Å². The Hall–Kier alpha value is -4.48. The number of aromatic nitrogens is 2. The number of hydrogen-bond acceptors (Lipinski definition) is 10. The summed E-state index contributed by atoms with van der Waals surface area (Å²) in [6.45, 7) is 19.3. The summed E-state index contributed by atoms with van der Waals surface area (Å²) in [6, 6.07) is 28.8. The number of benzene rings is 4. The van der Waals surface area contributed by atoms with Gasteiger partial charge in [-0.25, -0.2) is 19.6 Å². The number of carbonyl (C=O) groups is 2. The first-order chi connectivity index (χ1) is 36.4. The molecule has 76 heavy (non-hydrogen) atoms. The molecule has 2 fully saturated rings. The number of aliphatic hydroxyl groups is 2. The molecule has 8 rings (SSSR count). The van der Waals surface area contributed by atoms with Gasteiger partial charge in [-0.1, -0.05) is 96.8 Å². The van der Waals surface area contributed by atoms with Crippen LogP contribution in [0.15, 0.2) is 88.7 Å². The van der Waals surface area contributed by atoms with E-state index in [1.54, 1.807) is 16.2 Å². The molecule has 0 unspecified atom stereocenters. The van der Waals surface area contributed by atoms with Gasteiger partial charge in [0.1, 0.15) is 32.7 Å². The summed E-state index contributed by atoms with van der Waals surface area (Å²) in [6.07, 6.45) is 11.0. The van der Waals surface area contributed by atoms with E-state index in [0.29, 0.717) is 13.1 Å². The van der Waals surface area contributed by atoms with E-state index in [0.717, 1.165) is 77.6 Å². The second-order valence-corrected chi connectivity index (χ2v) is 37.3. The third-order valence-electron chi connectivity index (χ3n) is 13.4. The van der Waals surface area contributed by atoms with Crippen LogP contribution in [0.25, 0.3) is 44.1 Å². The van der Waals surface area contributed by atoms with E-state index in [-0.39, 0.29) is 37.5 Å². The van der Waals surface area contributed by atoms with Gasteiger partial charge in [-0.15, -0.1) is 22.7 Å². The van der Waals surface area contributed by atoms with Crippen molar-refractivity contribution in [2.45, 2.75) is 163 Å². The van der Waals surface area contributed by atoms with Crippen LogP contribution in [0.1, 0.15) is 153 Å². The first-order valence-electron chi connectivity index (χ1n) is 27.3. The van der Waals surface area contributed by atoms with Crippen LogP contribution in [-0.2, 0) is 9.47 Å². The van der Waals surface area contributed by atoms with Gasteiger partial charge in [0, 0.05) is 24.2 Å². The zero-order chi connectivity index (χ0) is 54.9. The van der Waals surface area contributed by atoms with Crippen LogP contribution in [0.3, 0.4) is 0 Å². The number of nitrogens with zero attached hydrogens (tertiary/aromatic N) is 4. The number of rotatable bonds is 13. The Kier molecular flexibility index (Phi) is 23.1. The molecule has 2 aliphatic heterocycles. The minimum atomic E-state index is -2.21. The fraction of sp³-hybridized carbons (Fsp3) is 0.484. The third kappa shape index (κ3) is 16.8. The van der Waals surface area contributed by atoms with Crippen molar-refractivity contribution in [1.29, 1.82) is 0 Å². The van der Waals surface area contributed by atoms with Crippen molar-refractivity contribution in [1.82, 2.24) is 19.8 Å². The molecule has 2 saturated heterocycles. The average Bonchev–Trinajstić information content (AvgIpc) is 4.24. The van der Waals surface area contributed by atoms with E-state index in [9.17, 15) is 14.7 Å². The van der Waals surface area contributed by atoms with Gasteiger partial charge in [-0.2, -0.15) is 0 Å². The van der Waals surface area contributed by atoms with Crippen molar-refractivity contribution < 1.29 is 29.3 Å². The third-order valence-corrected chi connectivity index (χ3v) is 29.5. The topological polar surface area (TPSA) is 125 Å². The monoisotopic (exact) mass is 1240 g/mol. The number of aliphatic hydroxyl groups excluding tert-OH is 2. The van der Waals surface area contributed by atoms with E-state index >= 15 is 0 Å². The summed E-state index contributed by atoms with van der Waals surface area (Å²) in [7, 11) is 0. The molecule has 0 bridgehead atoms. The molecular weight excluding hydrogens is 1160 g/mol. The van der Waals surface area contributed by atoms with Crippen molar-refractivity contribution in [3.05, 3.63) is 104 Å². The van der Waals surface area contributed by atoms with Gasteiger partial charge < -0.3 is 14.6 Å². The summed E-state index contributed by atoms with van der Waals surface area (Å²) in [5.41, 5.74) is 2.81. The van der Waals surface area contributed by atoms with Crippen molar-refractivity contribution >= 4 is 90.7 Å². The van der Waals surface area contributed by atoms with Crippen molar-refractivity contribution in [3.63, 3.8) is 0 Å². The molecule has 0 aliphatic carbocycles. The van der Waals surface area contributed by atoms with E-state index in [4.69, 9.17) is 24.5 Å². The number of fused-ring (bicyclic) bond motifs is 2. The number of amides is 2. The maximum atomic E-state index is 12.8. The molecule has 0 spiro atoms. The number of likely N-dealkylation sites (tertiary alicyclic amines) is 2. The Bertz CT molecular complexity index is 2960. The SMILES string of the molecule is CC(C)(C)OC(=O)N1CCC[C@H]1c1nc(-c2cccc3ccccc23)c(Br)s1.CC(C)(C)OC(=O)N1CCC[C@H]1c1nc(-c2cccc3ccccc23)c(C#CCO)s1.CCC[CH2][Sn]([C]#CCO)([CH2]CCC)[CH2]CCC. The van der Waals surface area contributed by atoms with E-state index < -0.39 is 29.6 Å². The van der Waals surface area contributed by atoms with Crippen LogP contribution in [0.5, 0.6) is 0 Å². The molecule has 4 aromatic carbocycles. The first kappa shape index (κ1) is 60.7. The minimum absolute atomic E-state index is 0.0279. The summed E-state index contributed by atoms with van der Waals surface area (Å²) in [5, 5.41) is 24.6. The predicted molar refractivity (Wildman–Crippen MR) is 321 cm³/mol. The number of thiazole rings is 2. The molecule has 4 heterocycles. The van der Waals surface area contributed by atoms with Crippen molar-refractivity contribution in [3.8, 4) is 44.2 Å². The van der Waals surface area contributed by atoms with Gasteiger partial charge in [-0.3, -0.25) is 9.80 Å². The molecule has 2 N–H and O–H groups in total. The van der Waals surface area contributed by atoms with Crippen molar-refractivity contribution in [2.24, 2.45) is 0 Å². The summed E-state index contributed by atoms with van der Waals surface area (Å²) < 4.78 is 20.1. The van der Waals surface area contributed by atoms with Crippen LogP contribution in [0, 0.1) is 21.7 Å². The standard InChI is InChI=1S/C25H26N2O3S.C22H23BrN2O2S.3C4H9.C3H3O.Sn/c1-25(2,3)30-24(29)27-15-7-13-20(27)23-26-22(21(31-23)14-8-16-28)19-12-6-10-17-9-4-5-11-18(17)19;1-22(2,3)27-21(26)25-13-7-12-17(25)20-24-18(19(23)28-20)16-11-6-9-14-8-4-5-10-15(14)16;3*1-3-4-2;1-2-3-4;/h4-6,9-12,20,28H,7,13,15-16H2,1-3H3;4-6,8-11,17H,7,12-13H2,1-3H3;3*1,3-4H2,2H3;4H,3H2;/t20-;17-;;;;;/m00...../s1. The molecule has 10 nitrogen and oxygen atoms in total. The van der Waals surface area contributed by atoms with E-state index in [1.807, 2.05) is 82.8 Å². The maximum absolute atomic E-state index is 12.8. The van der Waals surface area contributed by atoms with Gasteiger partial charge in [0.2, 0.25) is 0 Å². The number of halogens is 1. The van der Waals surface area contributed by atoms with Gasteiger partial charge in [-0.05, 0) is 105 Å². The molecule has 6 aromatic rings. The number of hydrogen-bond donors (Lipinski definition) is 2. The second-order valence-electron chi connectivity index (χ2n) is 21.6. The number of unbranched alkanes of at least 4 members (excludes halogenated alkanes) is 3. The molecular formula is C62H79BrN4O6S2Sn. The van der Waals surface area contributed by atoms with Gasteiger partial charge in [0.15, 0.2) is 0 Å². The zero-order valence-electron chi connectivity index (χ0n) is 46.3. The van der Waals surface area contributed by atoms with Gasteiger partial charge in [0.05, 0.1) is 27.3 Å². The fourth-order valence-electron chi connectivity index (χ4n) is 9.82. The van der Waals surface area contributed by atoms with Crippen LogP contribution in [-0.4, -0.2) is 98.0 Å². The predicted octanol–water partition coefficient (Wildman–Crippen LogP) is 16.5. The molecule has 0 radical (unpaired) electrons. The molecule has 2 aromatic heterocycles. The van der Waals surface area contributed by atoms with E-state index in [2.05, 4.69) is 107 Å². The van der Waals surface area contributed by atoms with Crippen LogP contribution >= 0.6 is 38.6 Å². The Morgan fingerprint density at radius 2 is 1.08 bits per heavy atom. The Morgan fingerprint density at radius 3 is 1.54 bits per heavy atom. The normalized spacial score (nSPS) is 15.5. The van der Waals surface area contributed by atoms with Crippen LogP contribution in [0.2, 0.25) is 13.3 Å². The fourth-order valence-corrected chi connectivity index (χ4v) is 26.0. The molecule has 0 saturated carbocycles. The summed E-state index contributed by atoms with van der Waals surface area (Å²) in [5.74, 6) is 8.85. The zero-order valence-corrected chi connectivity index (χ0v) is 52.3. The van der Waals surface area contributed by atoms with Crippen molar-refractivity contribution in [2.75, 3.05) is 26.3 Å². The number of carbonyl (C=O) groups excluding carboxylic acids is 2. The molecule has 14 heteroatoms. The van der Waals surface area contributed by atoms with Gasteiger partial charge >= 0.3 is 125 Å². The summed E-state index contributed by atoms with van der Waals surface area (Å²) in [4.78, 5) is 39.8. The van der Waals surface area contributed by atoms with Crippen LogP contribution in [0.4, 0.5) is 9.59 Å².